The van der Waals surface area contributed by atoms with Crippen molar-refractivity contribution in [3.8, 4) is 0 Å². The van der Waals surface area contributed by atoms with Gasteiger partial charge in [-0.15, -0.1) is 11.8 Å². The van der Waals surface area contributed by atoms with Crippen LogP contribution >= 0.6 is 11.8 Å². The van der Waals surface area contributed by atoms with E-state index in [1.165, 1.54) is 12.8 Å². The minimum Gasteiger partial charge on any atom is -0.377 e. The van der Waals surface area contributed by atoms with E-state index in [2.05, 4.69) is 30.7 Å². The topological polar surface area (TPSA) is 32.8 Å². The highest BCUT2D eigenvalue weighted by atomic mass is 32.2. The standard InChI is InChI=1S/C15H28N2O2S/c1-12-8-16(3)9-13(2)17(12)15(18)11-20-10-14-6-4-5-7-19-14/h12-14H,4-11H2,1-3H3/t12-,13-,14+/m1/s1. The van der Waals surface area contributed by atoms with E-state index in [0.717, 1.165) is 31.9 Å². The molecule has 4 nitrogen and oxygen atoms in total. The van der Waals surface area contributed by atoms with Gasteiger partial charge >= 0.3 is 0 Å². The Morgan fingerprint density at radius 3 is 2.55 bits per heavy atom. The summed E-state index contributed by atoms with van der Waals surface area (Å²) in [7, 11) is 2.13. The maximum absolute atomic E-state index is 12.4. The molecule has 0 spiro atoms. The van der Waals surface area contributed by atoms with Gasteiger partial charge in [0, 0.05) is 37.5 Å². The molecule has 0 radical (unpaired) electrons. The van der Waals surface area contributed by atoms with Crippen LogP contribution in [0, 0.1) is 0 Å². The third kappa shape index (κ3) is 4.37. The van der Waals surface area contributed by atoms with Crippen LogP contribution in [0.1, 0.15) is 33.1 Å². The molecule has 2 saturated heterocycles. The zero-order chi connectivity index (χ0) is 14.5. The molecule has 0 aromatic carbocycles. The second-order valence-electron chi connectivity index (χ2n) is 6.22. The van der Waals surface area contributed by atoms with E-state index >= 15 is 0 Å². The van der Waals surface area contributed by atoms with Crippen molar-refractivity contribution in [3.63, 3.8) is 0 Å². The van der Waals surface area contributed by atoms with Crippen LogP contribution in [0.5, 0.6) is 0 Å². The quantitative estimate of drug-likeness (QED) is 0.793. The maximum Gasteiger partial charge on any atom is 0.233 e. The van der Waals surface area contributed by atoms with Crippen LogP contribution < -0.4 is 0 Å². The first-order chi connectivity index (χ1) is 9.58. The van der Waals surface area contributed by atoms with Gasteiger partial charge in [0.05, 0.1) is 11.9 Å². The van der Waals surface area contributed by atoms with Gasteiger partial charge in [0.2, 0.25) is 5.91 Å². The molecule has 2 aliphatic heterocycles. The molecular weight excluding hydrogens is 272 g/mol. The second-order valence-corrected chi connectivity index (χ2v) is 7.25. The van der Waals surface area contributed by atoms with Crippen molar-refractivity contribution in [2.24, 2.45) is 0 Å². The zero-order valence-electron chi connectivity index (χ0n) is 13.0. The Morgan fingerprint density at radius 2 is 1.95 bits per heavy atom. The lowest BCUT2D eigenvalue weighted by molar-refractivity contribution is -0.135. The Balaban J connectivity index is 1.73. The smallest absolute Gasteiger partial charge is 0.233 e. The molecule has 3 atom stereocenters. The number of carbonyl (C=O) groups is 1. The highest BCUT2D eigenvalue weighted by molar-refractivity contribution is 7.99. The van der Waals surface area contributed by atoms with Gasteiger partial charge in [-0.25, -0.2) is 0 Å². The number of carbonyl (C=O) groups excluding carboxylic acids is 1. The molecule has 0 aromatic rings. The van der Waals surface area contributed by atoms with Crippen molar-refractivity contribution in [1.29, 1.82) is 0 Å². The summed E-state index contributed by atoms with van der Waals surface area (Å²) in [4.78, 5) is 16.8. The number of hydrogen-bond donors (Lipinski definition) is 0. The first kappa shape index (κ1) is 16.1. The molecule has 2 fully saturated rings. The molecule has 0 aromatic heterocycles. The van der Waals surface area contributed by atoms with E-state index in [-0.39, 0.29) is 0 Å². The summed E-state index contributed by atoms with van der Waals surface area (Å²) in [6, 6.07) is 0.644. The number of piperazine rings is 1. The van der Waals surface area contributed by atoms with Gasteiger partial charge in [0.15, 0.2) is 0 Å². The van der Waals surface area contributed by atoms with Crippen LogP contribution in [0.2, 0.25) is 0 Å². The minimum absolute atomic E-state index is 0.291. The molecule has 0 saturated carbocycles. The molecule has 0 bridgehead atoms. The number of hydrogen-bond acceptors (Lipinski definition) is 4. The van der Waals surface area contributed by atoms with E-state index in [4.69, 9.17) is 4.74 Å². The average molecular weight is 300 g/mol. The second kappa shape index (κ2) is 7.66. The number of nitrogens with zero attached hydrogens (tertiary/aromatic N) is 2. The molecule has 20 heavy (non-hydrogen) atoms. The van der Waals surface area contributed by atoms with Gasteiger partial charge in [-0.05, 0) is 40.2 Å². The van der Waals surface area contributed by atoms with Gasteiger partial charge in [-0.3, -0.25) is 4.79 Å². The average Bonchev–Trinajstić information content (AvgIpc) is 2.38. The van der Waals surface area contributed by atoms with Crippen LogP contribution in [0.4, 0.5) is 0 Å². The number of ether oxygens (including phenoxy) is 1. The van der Waals surface area contributed by atoms with Gasteiger partial charge in [0.25, 0.3) is 0 Å². The summed E-state index contributed by atoms with van der Waals surface area (Å²) in [6.45, 7) is 7.16. The van der Waals surface area contributed by atoms with Crippen LogP contribution in [0.3, 0.4) is 0 Å². The number of rotatable bonds is 4. The first-order valence-corrected chi connectivity index (χ1v) is 8.92. The summed E-state index contributed by atoms with van der Waals surface area (Å²) < 4.78 is 5.71. The molecule has 116 valence electrons. The minimum atomic E-state index is 0.291. The van der Waals surface area contributed by atoms with Gasteiger partial charge < -0.3 is 14.5 Å². The van der Waals surface area contributed by atoms with Crippen LogP contribution in [0.25, 0.3) is 0 Å². The van der Waals surface area contributed by atoms with Gasteiger partial charge in [0.1, 0.15) is 0 Å². The summed E-state index contributed by atoms with van der Waals surface area (Å²) in [6.07, 6.45) is 3.98. The molecule has 1 amide bonds. The maximum atomic E-state index is 12.4. The van der Waals surface area contributed by atoms with Gasteiger partial charge in [-0.2, -0.15) is 0 Å². The zero-order valence-corrected chi connectivity index (χ0v) is 13.8. The lowest BCUT2D eigenvalue weighted by Gasteiger charge is -2.43. The monoisotopic (exact) mass is 300 g/mol. The number of amides is 1. The van der Waals surface area contributed by atoms with E-state index in [1.807, 2.05) is 0 Å². The molecule has 2 aliphatic rings. The summed E-state index contributed by atoms with van der Waals surface area (Å²) in [5.74, 6) is 1.85. The van der Waals surface area contributed by atoms with E-state index < -0.39 is 0 Å². The predicted molar refractivity (Wildman–Crippen MR) is 84.2 cm³/mol. The van der Waals surface area contributed by atoms with Crippen LogP contribution in [-0.2, 0) is 9.53 Å². The van der Waals surface area contributed by atoms with Crippen molar-refractivity contribution < 1.29 is 9.53 Å². The lowest BCUT2D eigenvalue weighted by Crippen LogP contribution is -2.58. The van der Waals surface area contributed by atoms with E-state index in [0.29, 0.717) is 29.8 Å². The normalized spacial score (nSPS) is 32.4. The fraction of sp³-hybridized carbons (Fsp3) is 0.933. The molecule has 0 unspecified atom stereocenters. The molecule has 5 heteroatoms. The van der Waals surface area contributed by atoms with Crippen LogP contribution in [-0.4, -0.2) is 72.1 Å². The highest BCUT2D eigenvalue weighted by Crippen LogP contribution is 2.20. The molecule has 0 aliphatic carbocycles. The van der Waals surface area contributed by atoms with E-state index in [9.17, 15) is 4.79 Å². The molecule has 2 heterocycles. The fourth-order valence-electron chi connectivity index (χ4n) is 3.37. The van der Waals surface area contributed by atoms with Crippen molar-refractivity contribution in [3.05, 3.63) is 0 Å². The van der Waals surface area contributed by atoms with Crippen molar-refractivity contribution >= 4 is 17.7 Å². The largest absolute Gasteiger partial charge is 0.377 e. The van der Waals surface area contributed by atoms with Gasteiger partial charge in [-0.1, -0.05) is 0 Å². The molecule has 2 rings (SSSR count). The Kier molecular flexibility index (Phi) is 6.18. The Bertz CT molecular complexity index is 309. The van der Waals surface area contributed by atoms with E-state index in [1.54, 1.807) is 11.8 Å². The summed E-state index contributed by atoms with van der Waals surface area (Å²) >= 11 is 1.74. The SMILES string of the molecule is C[C@@H]1CN(C)C[C@@H](C)N1C(=O)CSC[C@@H]1CCCCO1. The predicted octanol–water partition coefficient (Wildman–Crippen LogP) is 1.84. The Labute approximate surface area is 127 Å². The summed E-state index contributed by atoms with van der Waals surface area (Å²) in [5, 5.41) is 0. The Hall–Kier alpha value is -0.260. The molecular formula is C15H28N2O2S. The third-order valence-electron chi connectivity index (χ3n) is 4.19. The highest BCUT2D eigenvalue weighted by Gasteiger charge is 2.31. The fourth-order valence-corrected chi connectivity index (χ4v) is 4.34. The van der Waals surface area contributed by atoms with Crippen molar-refractivity contribution in [2.45, 2.75) is 51.3 Å². The summed E-state index contributed by atoms with van der Waals surface area (Å²) in [5.41, 5.74) is 0. The van der Waals surface area contributed by atoms with Crippen molar-refractivity contribution in [2.75, 3.05) is 38.2 Å². The Morgan fingerprint density at radius 1 is 1.25 bits per heavy atom. The molecule has 0 N–H and O–H groups in total. The number of thioether (sulfide) groups is 1. The lowest BCUT2D eigenvalue weighted by atomic mass is 10.1. The van der Waals surface area contributed by atoms with Crippen LogP contribution in [0.15, 0.2) is 0 Å². The first-order valence-electron chi connectivity index (χ1n) is 7.77. The number of likely N-dealkylation sites (N-methyl/N-ethyl adjacent to an activating group) is 1. The van der Waals surface area contributed by atoms with Crippen molar-refractivity contribution in [1.82, 2.24) is 9.80 Å². The third-order valence-corrected chi connectivity index (χ3v) is 5.25.